The molecule has 0 unspecified atom stereocenters. The Morgan fingerprint density at radius 2 is 1.57 bits per heavy atom. The summed E-state index contributed by atoms with van der Waals surface area (Å²) in [4.78, 5) is 37.0. The Morgan fingerprint density at radius 1 is 0.933 bits per heavy atom. The number of non-ortho nitro benzene ring substituents is 1. The first-order valence-electron chi connectivity index (χ1n) is 8.73. The highest BCUT2D eigenvalue weighted by atomic mass is 79.9. The number of nitrogens with zero attached hydrogens (tertiary/aromatic N) is 1. The Balaban J connectivity index is 1.82. The van der Waals surface area contributed by atoms with Crippen LogP contribution < -0.4 is 10.9 Å². The lowest BCUT2D eigenvalue weighted by molar-refractivity contribution is -0.384. The average Bonchev–Trinajstić information content (AvgIpc) is 2.74. The maximum absolute atomic E-state index is 12.7. The van der Waals surface area contributed by atoms with Gasteiger partial charge in [-0.15, -0.1) is 0 Å². The van der Waals surface area contributed by atoms with Crippen molar-refractivity contribution < 1.29 is 14.5 Å². The summed E-state index contributed by atoms with van der Waals surface area (Å²) in [6.07, 6.45) is 0. The molecular formula is C21H16BrN3O4S. The standard InChI is InChI=1S/C21H16BrN3O4S/c1-13-6-9-15(10-7-13)30-19-11-8-14(25(28)29)12-17(19)21(27)24-23-20(26)16-4-2-3-5-18(16)22/h2-12H,1H3,(H,23,26)(H,24,27). The molecule has 2 amide bonds. The number of halogens is 1. The van der Waals surface area contributed by atoms with Gasteiger partial charge in [-0.25, -0.2) is 0 Å². The summed E-state index contributed by atoms with van der Waals surface area (Å²) in [5.41, 5.74) is 5.97. The number of nitro groups is 1. The van der Waals surface area contributed by atoms with Crippen LogP contribution in [-0.4, -0.2) is 16.7 Å². The van der Waals surface area contributed by atoms with Gasteiger partial charge >= 0.3 is 0 Å². The molecule has 30 heavy (non-hydrogen) atoms. The van der Waals surface area contributed by atoms with Crippen molar-refractivity contribution in [3.05, 3.63) is 98.0 Å². The van der Waals surface area contributed by atoms with E-state index in [-0.39, 0.29) is 11.3 Å². The lowest BCUT2D eigenvalue weighted by Crippen LogP contribution is -2.42. The predicted molar refractivity (Wildman–Crippen MR) is 117 cm³/mol. The molecule has 2 N–H and O–H groups in total. The highest BCUT2D eigenvalue weighted by Crippen LogP contribution is 2.32. The van der Waals surface area contributed by atoms with Crippen LogP contribution >= 0.6 is 27.7 Å². The van der Waals surface area contributed by atoms with Gasteiger partial charge in [-0.3, -0.25) is 30.6 Å². The van der Waals surface area contributed by atoms with Crippen molar-refractivity contribution in [2.24, 2.45) is 0 Å². The van der Waals surface area contributed by atoms with Crippen molar-refractivity contribution in [3.63, 3.8) is 0 Å². The minimum Gasteiger partial charge on any atom is -0.267 e. The molecular weight excluding hydrogens is 470 g/mol. The van der Waals surface area contributed by atoms with Crippen LogP contribution in [0.15, 0.2) is 81.0 Å². The third-order valence-electron chi connectivity index (χ3n) is 4.08. The molecule has 0 aliphatic heterocycles. The highest BCUT2D eigenvalue weighted by molar-refractivity contribution is 9.10. The van der Waals surface area contributed by atoms with E-state index in [1.54, 1.807) is 24.3 Å². The Kier molecular flexibility index (Phi) is 6.86. The Hall–Kier alpha value is -3.17. The van der Waals surface area contributed by atoms with E-state index in [9.17, 15) is 19.7 Å². The quantitative estimate of drug-likeness (QED) is 0.395. The largest absolute Gasteiger partial charge is 0.271 e. The molecule has 0 atom stereocenters. The molecule has 9 heteroatoms. The van der Waals surface area contributed by atoms with E-state index in [0.29, 0.717) is 14.9 Å². The average molecular weight is 486 g/mol. The molecule has 0 aliphatic carbocycles. The molecule has 0 saturated carbocycles. The van der Waals surface area contributed by atoms with Gasteiger partial charge < -0.3 is 0 Å². The molecule has 0 fully saturated rings. The highest BCUT2D eigenvalue weighted by Gasteiger charge is 2.19. The van der Waals surface area contributed by atoms with Crippen LogP contribution in [0.3, 0.4) is 0 Å². The van der Waals surface area contributed by atoms with Crippen LogP contribution in [0, 0.1) is 17.0 Å². The topological polar surface area (TPSA) is 101 Å². The second kappa shape index (κ2) is 9.55. The van der Waals surface area contributed by atoms with Gasteiger partial charge in [0.25, 0.3) is 17.5 Å². The summed E-state index contributed by atoms with van der Waals surface area (Å²) in [5, 5.41) is 11.2. The third kappa shape index (κ3) is 5.25. The number of hydrogen-bond acceptors (Lipinski definition) is 5. The second-order valence-corrected chi connectivity index (χ2v) is 8.21. The Bertz CT molecular complexity index is 1120. The van der Waals surface area contributed by atoms with E-state index in [0.717, 1.165) is 10.5 Å². The van der Waals surface area contributed by atoms with Crippen LogP contribution in [-0.2, 0) is 0 Å². The Morgan fingerprint density at radius 3 is 2.20 bits per heavy atom. The first-order valence-corrected chi connectivity index (χ1v) is 10.3. The number of rotatable bonds is 5. The third-order valence-corrected chi connectivity index (χ3v) is 5.85. The molecule has 0 heterocycles. The summed E-state index contributed by atoms with van der Waals surface area (Å²) in [6.45, 7) is 1.97. The molecule has 7 nitrogen and oxygen atoms in total. The van der Waals surface area contributed by atoms with Crippen molar-refractivity contribution in [1.82, 2.24) is 10.9 Å². The van der Waals surface area contributed by atoms with Gasteiger partial charge in [0, 0.05) is 26.4 Å². The summed E-state index contributed by atoms with van der Waals surface area (Å²) in [5.74, 6) is -1.18. The monoisotopic (exact) mass is 485 g/mol. The van der Waals surface area contributed by atoms with Gasteiger partial charge in [0.15, 0.2) is 0 Å². The lowest BCUT2D eigenvalue weighted by Gasteiger charge is -2.12. The first kappa shape index (κ1) is 21.5. The fourth-order valence-electron chi connectivity index (χ4n) is 2.52. The van der Waals surface area contributed by atoms with E-state index in [4.69, 9.17) is 0 Å². The number of benzene rings is 3. The van der Waals surface area contributed by atoms with Crippen LogP contribution in [0.1, 0.15) is 26.3 Å². The van der Waals surface area contributed by atoms with Gasteiger partial charge in [0.05, 0.1) is 16.1 Å². The minimum atomic E-state index is -0.659. The number of carbonyl (C=O) groups is 2. The van der Waals surface area contributed by atoms with Gasteiger partial charge in [0.1, 0.15) is 0 Å². The number of hydrazine groups is 1. The summed E-state index contributed by atoms with van der Waals surface area (Å²) < 4.78 is 0.572. The number of aryl methyl sites for hydroxylation is 1. The van der Waals surface area contributed by atoms with E-state index in [1.165, 1.54) is 30.0 Å². The van der Waals surface area contributed by atoms with E-state index in [1.807, 2.05) is 31.2 Å². The molecule has 0 radical (unpaired) electrons. The van der Waals surface area contributed by atoms with Gasteiger partial charge in [-0.05, 0) is 53.2 Å². The number of nitrogens with one attached hydrogen (secondary N) is 2. The van der Waals surface area contributed by atoms with Crippen molar-refractivity contribution in [1.29, 1.82) is 0 Å². The fraction of sp³-hybridized carbons (Fsp3) is 0.0476. The zero-order chi connectivity index (χ0) is 21.7. The van der Waals surface area contributed by atoms with Crippen molar-refractivity contribution in [3.8, 4) is 0 Å². The minimum absolute atomic E-state index is 0.0854. The predicted octanol–water partition coefficient (Wildman–Crippen LogP) is 4.89. The maximum atomic E-state index is 12.7. The first-order chi connectivity index (χ1) is 14.3. The molecule has 0 spiro atoms. The lowest BCUT2D eigenvalue weighted by atomic mass is 10.2. The van der Waals surface area contributed by atoms with Crippen LogP contribution in [0.25, 0.3) is 0 Å². The number of hydrogen-bond donors (Lipinski definition) is 2. The van der Waals surface area contributed by atoms with Crippen molar-refractivity contribution >= 4 is 45.2 Å². The fourth-order valence-corrected chi connectivity index (χ4v) is 3.91. The normalized spacial score (nSPS) is 10.3. The maximum Gasteiger partial charge on any atom is 0.271 e. The van der Waals surface area contributed by atoms with Crippen LogP contribution in [0.4, 0.5) is 5.69 Å². The van der Waals surface area contributed by atoms with Gasteiger partial charge in [0.2, 0.25) is 0 Å². The van der Waals surface area contributed by atoms with Gasteiger partial charge in [-0.1, -0.05) is 41.6 Å². The van der Waals surface area contributed by atoms with Crippen molar-refractivity contribution in [2.75, 3.05) is 0 Å². The van der Waals surface area contributed by atoms with Crippen LogP contribution in [0.5, 0.6) is 0 Å². The number of amides is 2. The second-order valence-electron chi connectivity index (χ2n) is 6.24. The smallest absolute Gasteiger partial charge is 0.267 e. The molecule has 3 rings (SSSR count). The molecule has 152 valence electrons. The molecule has 0 bridgehead atoms. The Labute approximate surface area is 185 Å². The van der Waals surface area contributed by atoms with E-state index in [2.05, 4.69) is 26.8 Å². The summed E-state index contributed by atoms with van der Waals surface area (Å²) in [7, 11) is 0. The molecule has 3 aromatic rings. The zero-order valence-corrected chi connectivity index (χ0v) is 18.1. The molecule has 0 aliphatic rings. The van der Waals surface area contributed by atoms with Gasteiger partial charge in [-0.2, -0.15) is 0 Å². The summed E-state index contributed by atoms with van der Waals surface area (Å²) >= 11 is 4.58. The SMILES string of the molecule is Cc1ccc(Sc2ccc([N+](=O)[O-])cc2C(=O)NNC(=O)c2ccccc2Br)cc1. The molecule has 0 aromatic heterocycles. The van der Waals surface area contributed by atoms with E-state index < -0.39 is 16.7 Å². The number of nitro benzene ring substituents is 1. The van der Waals surface area contributed by atoms with Crippen molar-refractivity contribution in [2.45, 2.75) is 16.7 Å². The van der Waals surface area contributed by atoms with E-state index >= 15 is 0 Å². The molecule has 3 aromatic carbocycles. The van der Waals surface area contributed by atoms with Crippen LogP contribution in [0.2, 0.25) is 0 Å². The summed E-state index contributed by atoms with van der Waals surface area (Å²) in [6, 6.07) is 18.5. The zero-order valence-electron chi connectivity index (χ0n) is 15.7. The molecule has 0 saturated heterocycles. The number of carbonyl (C=O) groups excluding carboxylic acids is 2.